The van der Waals surface area contributed by atoms with E-state index >= 15 is 0 Å². The van der Waals surface area contributed by atoms with Gasteiger partial charge < -0.3 is 4.74 Å². The maximum atomic E-state index is 13.6. The predicted octanol–water partition coefficient (Wildman–Crippen LogP) is 7.56. The van der Waals surface area contributed by atoms with Crippen LogP contribution in [0.3, 0.4) is 0 Å². The molecule has 2 aromatic heterocycles. The minimum atomic E-state index is -4.58. The van der Waals surface area contributed by atoms with Crippen molar-refractivity contribution in [1.29, 1.82) is 0 Å². The highest BCUT2D eigenvalue weighted by molar-refractivity contribution is 5.72. The number of halogens is 4. The number of alkyl halides is 3. The zero-order valence-electron chi connectivity index (χ0n) is 22.4. The molecule has 0 aliphatic heterocycles. The van der Waals surface area contributed by atoms with Gasteiger partial charge in [-0.05, 0) is 61.1 Å². The Bertz CT molecular complexity index is 1460. The van der Waals surface area contributed by atoms with Crippen LogP contribution in [0.2, 0.25) is 0 Å². The molecular formula is C31H31F4N3O2. The van der Waals surface area contributed by atoms with Crippen molar-refractivity contribution >= 4 is 0 Å². The lowest BCUT2D eigenvalue weighted by molar-refractivity contribution is -0.138. The number of benzene rings is 2. The summed E-state index contributed by atoms with van der Waals surface area (Å²) in [6, 6.07) is 18.1. The lowest BCUT2D eigenvalue weighted by Gasteiger charge is -2.25. The summed E-state index contributed by atoms with van der Waals surface area (Å²) in [5, 5.41) is 4.32. The molecule has 1 aliphatic rings. The Morgan fingerprint density at radius 2 is 1.70 bits per heavy atom. The minimum Gasteiger partial charge on any atom is -0.480 e. The average Bonchev–Trinajstić information content (AvgIpc) is 2.94. The van der Waals surface area contributed by atoms with Gasteiger partial charge >= 0.3 is 6.18 Å². The zero-order valence-corrected chi connectivity index (χ0v) is 22.4. The summed E-state index contributed by atoms with van der Waals surface area (Å²) in [6.07, 6.45) is 1.51. The predicted molar refractivity (Wildman–Crippen MR) is 146 cm³/mol. The Morgan fingerprint density at radius 3 is 2.30 bits per heavy atom. The molecule has 2 heterocycles. The first-order valence-electron chi connectivity index (χ1n) is 13.2. The number of rotatable bonds is 5. The molecule has 5 rings (SSSR count). The van der Waals surface area contributed by atoms with Crippen LogP contribution in [0.15, 0.2) is 77.7 Å². The molecule has 0 spiro atoms. The molecule has 0 atom stereocenters. The fourth-order valence-electron chi connectivity index (χ4n) is 5.04. The Balaban J connectivity index is 0.000000398. The summed E-state index contributed by atoms with van der Waals surface area (Å²) in [6.45, 7) is 1.47. The van der Waals surface area contributed by atoms with E-state index in [-0.39, 0.29) is 29.9 Å². The molecule has 0 saturated heterocycles. The number of pyridine rings is 1. The Kier molecular flexibility index (Phi) is 9.34. The molecule has 210 valence electrons. The van der Waals surface area contributed by atoms with E-state index < -0.39 is 17.3 Å². The van der Waals surface area contributed by atoms with Crippen molar-refractivity contribution in [3.8, 4) is 17.0 Å². The molecule has 0 unspecified atom stereocenters. The number of nitrogens with zero attached hydrogens (tertiary/aromatic N) is 3. The number of aryl methyl sites for hydroxylation is 1. The van der Waals surface area contributed by atoms with Gasteiger partial charge in [0.15, 0.2) is 0 Å². The van der Waals surface area contributed by atoms with Crippen molar-refractivity contribution in [3.05, 3.63) is 111 Å². The first-order valence-corrected chi connectivity index (χ1v) is 13.2. The second-order valence-electron chi connectivity index (χ2n) is 9.76. The Labute approximate surface area is 230 Å². The highest BCUT2D eigenvalue weighted by atomic mass is 19.4. The summed E-state index contributed by atoms with van der Waals surface area (Å²) in [4.78, 5) is 17.5. The summed E-state index contributed by atoms with van der Waals surface area (Å²) in [5.74, 6) is 0.0614. The van der Waals surface area contributed by atoms with Crippen LogP contribution in [0, 0.1) is 12.7 Å². The highest BCUT2D eigenvalue weighted by Crippen LogP contribution is 2.40. The van der Waals surface area contributed by atoms with Gasteiger partial charge in [0, 0.05) is 11.8 Å². The van der Waals surface area contributed by atoms with Crippen LogP contribution in [-0.2, 0) is 12.7 Å². The third kappa shape index (κ3) is 6.94. The van der Waals surface area contributed by atoms with Crippen molar-refractivity contribution in [1.82, 2.24) is 14.8 Å². The monoisotopic (exact) mass is 553 g/mol. The van der Waals surface area contributed by atoms with Crippen LogP contribution in [0.4, 0.5) is 17.6 Å². The number of ether oxygens (including phenoxy) is 1. The standard InChI is InChI=1S/C24H24F3N3O2.C7H7F/c1-32-22-20(16-9-4-2-5-10-16)21(17-11-6-3-7-12-17)23(31)30(29-22)15-19-18(24(25,26)27)13-8-14-28-19;1-6-3-2-4-7(8)5-6/h2,4-5,8-10,13-14,17H,3,6-7,11-12,15H2,1H3;2-5H,1H3. The van der Waals surface area contributed by atoms with Gasteiger partial charge in [0.1, 0.15) is 5.82 Å². The molecule has 1 aliphatic carbocycles. The van der Waals surface area contributed by atoms with Gasteiger partial charge in [-0.1, -0.05) is 61.7 Å². The smallest absolute Gasteiger partial charge is 0.418 e. The van der Waals surface area contributed by atoms with E-state index in [1.807, 2.05) is 43.3 Å². The lowest BCUT2D eigenvalue weighted by atomic mass is 9.81. The van der Waals surface area contributed by atoms with Crippen LogP contribution in [0.5, 0.6) is 5.88 Å². The summed E-state index contributed by atoms with van der Waals surface area (Å²) in [5.41, 5.74) is 1.43. The average molecular weight is 554 g/mol. The zero-order chi connectivity index (χ0) is 28.7. The van der Waals surface area contributed by atoms with Crippen LogP contribution in [-0.4, -0.2) is 21.9 Å². The summed E-state index contributed by atoms with van der Waals surface area (Å²) < 4.78 is 59.2. The molecule has 5 nitrogen and oxygen atoms in total. The third-order valence-corrected chi connectivity index (χ3v) is 6.90. The molecule has 0 radical (unpaired) electrons. The van der Waals surface area contributed by atoms with Gasteiger partial charge in [0.25, 0.3) is 5.56 Å². The Hall–Kier alpha value is -4.01. The van der Waals surface area contributed by atoms with E-state index in [0.717, 1.165) is 54.0 Å². The molecule has 0 N–H and O–H groups in total. The fraction of sp³-hybridized carbons (Fsp3) is 0.323. The normalized spacial score (nSPS) is 13.8. The first-order chi connectivity index (χ1) is 19.2. The number of methoxy groups -OCH3 is 1. The number of hydrogen-bond acceptors (Lipinski definition) is 4. The van der Waals surface area contributed by atoms with Gasteiger partial charge in [-0.15, -0.1) is 5.10 Å². The minimum absolute atomic E-state index is 0.000394. The Morgan fingerprint density at radius 1 is 0.975 bits per heavy atom. The maximum absolute atomic E-state index is 13.6. The molecule has 0 bridgehead atoms. The topological polar surface area (TPSA) is 57.0 Å². The second-order valence-corrected chi connectivity index (χ2v) is 9.76. The van der Waals surface area contributed by atoms with Crippen LogP contribution in [0.25, 0.3) is 11.1 Å². The summed E-state index contributed by atoms with van der Waals surface area (Å²) in [7, 11) is 1.45. The van der Waals surface area contributed by atoms with E-state index in [4.69, 9.17) is 4.74 Å². The van der Waals surface area contributed by atoms with Crippen LogP contribution in [0.1, 0.15) is 60.4 Å². The number of aromatic nitrogens is 3. The van der Waals surface area contributed by atoms with E-state index in [9.17, 15) is 22.4 Å². The molecule has 0 amide bonds. The van der Waals surface area contributed by atoms with Gasteiger partial charge in [0.2, 0.25) is 5.88 Å². The van der Waals surface area contributed by atoms with Gasteiger partial charge in [-0.2, -0.15) is 13.2 Å². The van der Waals surface area contributed by atoms with Crippen molar-refractivity contribution in [3.63, 3.8) is 0 Å². The SMILES string of the molecule is COc1nn(Cc2ncccc2C(F)(F)F)c(=O)c(C2CCCCC2)c1-c1ccccc1.Cc1cccc(F)c1. The fourth-order valence-corrected chi connectivity index (χ4v) is 5.04. The quantitative estimate of drug-likeness (QED) is 0.239. The van der Waals surface area contributed by atoms with E-state index in [1.54, 1.807) is 6.07 Å². The molecule has 2 aromatic carbocycles. The van der Waals surface area contributed by atoms with E-state index in [0.29, 0.717) is 11.1 Å². The van der Waals surface area contributed by atoms with Crippen LogP contribution >= 0.6 is 0 Å². The highest BCUT2D eigenvalue weighted by Gasteiger charge is 2.34. The van der Waals surface area contributed by atoms with Gasteiger partial charge in [-0.3, -0.25) is 9.78 Å². The summed E-state index contributed by atoms with van der Waals surface area (Å²) >= 11 is 0. The largest absolute Gasteiger partial charge is 0.480 e. The molecule has 1 fully saturated rings. The number of hydrogen-bond donors (Lipinski definition) is 0. The molecule has 40 heavy (non-hydrogen) atoms. The van der Waals surface area contributed by atoms with E-state index in [1.165, 1.54) is 31.5 Å². The van der Waals surface area contributed by atoms with Gasteiger partial charge in [0.05, 0.1) is 30.5 Å². The third-order valence-electron chi connectivity index (χ3n) is 6.90. The van der Waals surface area contributed by atoms with E-state index in [2.05, 4.69) is 10.1 Å². The molecule has 4 aromatic rings. The molecular weight excluding hydrogens is 522 g/mol. The van der Waals surface area contributed by atoms with Crippen molar-refractivity contribution in [2.75, 3.05) is 7.11 Å². The van der Waals surface area contributed by atoms with Crippen molar-refractivity contribution < 1.29 is 22.3 Å². The molecule has 1 saturated carbocycles. The first kappa shape index (κ1) is 29.0. The lowest BCUT2D eigenvalue weighted by Crippen LogP contribution is -2.31. The van der Waals surface area contributed by atoms with Gasteiger partial charge in [-0.25, -0.2) is 9.07 Å². The van der Waals surface area contributed by atoms with Crippen molar-refractivity contribution in [2.45, 2.75) is 57.7 Å². The van der Waals surface area contributed by atoms with Crippen molar-refractivity contribution in [2.24, 2.45) is 0 Å². The second kappa shape index (κ2) is 12.9. The maximum Gasteiger partial charge on any atom is 0.418 e. The van der Waals surface area contributed by atoms with Crippen LogP contribution < -0.4 is 10.3 Å². The molecule has 9 heteroatoms.